The zero-order valence-corrected chi connectivity index (χ0v) is 12.9. The summed E-state index contributed by atoms with van der Waals surface area (Å²) >= 11 is 0. The van der Waals surface area contributed by atoms with Gasteiger partial charge >= 0.3 is 0 Å². The Morgan fingerprint density at radius 2 is 1.80 bits per heavy atom. The Kier molecular flexibility index (Phi) is 4.85. The molecule has 1 aromatic carbocycles. The summed E-state index contributed by atoms with van der Waals surface area (Å²) in [5.74, 6) is 1.75. The molecule has 0 aromatic heterocycles. The predicted octanol–water partition coefficient (Wildman–Crippen LogP) is 4.87. The minimum atomic E-state index is -0.110. The van der Waals surface area contributed by atoms with Crippen LogP contribution in [0.15, 0.2) is 24.3 Å². The maximum Gasteiger partial charge on any atom is 0.169 e. The molecule has 0 radical (unpaired) electrons. The van der Waals surface area contributed by atoms with Crippen LogP contribution in [0.1, 0.15) is 63.2 Å². The van der Waals surface area contributed by atoms with E-state index < -0.39 is 0 Å². The third-order valence-electron chi connectivity index (χ3n) is 4.27. The van der Waals surface area contributed by atoms with Gasteiger partial charge in [-0.15, -0.1) is 0 Å². The molecular formula is C18H26O2. The molecule has 1 fully saturated rings. The van der Waals surface area contributed by atoms with E-state index in [1.54, 1.807) is 0 Å². The van der Waals surface area contributed by atoms with E-state index in [0.717, 1.165) is 30.6 Å². The van der Waals surface area contributed by atoms with Gasteiger partial charge in [-0.3, -0.25) is 4.79 Å². The van der Waals surface area contributed by atoms with E-state index in [0.29, 0.717) is 18.3 Å². The number of ether oxygens (including phenoxy) is 1. The molecule has 1 aromatic rings. The standard InChI is InChI=1S/C18H26O2/c1-4-20-16-9-7-15(8-10-16)17(19)18(13-14(2)3)11-5-6-12-18/h7-10,14H,4-6,11-13H2,1-3H3. The lowest BCUT2D eigenvalue weighted by Crippen LogP contribution is -2.29. The highest BCUT2D eigenvalue weighted by Crippen LogP contribution is 2.45. The Balaban J connectivity index is 2.19. The molecule has 0 saturated heterocycles. The van der Waals surface area contributed by atoms with Crippen molar-refractivity contribution < 1.29 is 9.53 Å². The fourth-order valence-corrected chi connectivity index (χ4v) is 3.53. The van der Waals surface area contributed by atoms with Crippen LogP contribution in [0, 0.1) is 11.3 Å². The molecule has 0 bridgehead atoms. The molecule has 2 rings (SSSR count). The number of carbonyl (C=O) groups is 1. The third kappa shape index (κ3) is 3.23. The molecule has 0 amide bonds. The fourth-order valence-electron chi connectivity index (χ4n) is 3.53. The van der Waals surface area contributed by atoms with Crippen molar-refractivity contribution in [2.45, 2.75) is 52.9 Å². The Bertz CT molecular complexity index is 439. The highest BCUT2D eigenvalue weighted by atomic mass is 16.5. The number of hydrogen-bond donors (Lipinski definition) is 0. The van der Waals surface area contributed by atoms with E-state index in [-0.39, 0.29) is 5.41 Å². The van der Waals surface area contributed by atoms with E-state index in [1.165, 1.54) is 12.8 Å². The number of Topliss-reactive ketones (excluding diaryl/α,β-unsaturated/α-hetero) is 1. The van der Waals surface area contributed by atoms with Crippen molar-refractivity contribution in [1.29, 1.82) is 0 Å². The fraction of sp³-hybridized carbons (Fsp3) is 0.611. The van der Waals surface area contributed by atoms with Crippen LogP contribution in [0.5, 0.6) is 5.75 Å². The van der Waals surface area contributed by atoms with Crippen LogP contribution in [-0.2, 0) is 0 Å². The second-order valence-electron chi connectivity index (χ2n) is 6.37. The SMILES string of the molecule is CCOc1ccc(C(=O)C2(CC(C)C)CCCC2)cc1. The normalized spacial score (nSPS) is 17.4. The highest BCUT2D eigenvalue weighted by molar-refractivity contribution is 6.00. The summed E-state index contributed by atoms with van der Waals surface area (Å²) in [6, 6.07) is 7.67. The monoisotopic (exact) mass is 274 g/mol. The first kappa shape index (κ1) is 15.1. The van der Waals surface area contributed by atoms with Crippen molar-refractivity contribution in [1.82, 2.24) is 0 Å². The number of carbonyl (C=O) groups excluding carboxylic acids is 1. The molecule has 0 heterocycles. The Morgan fingerprint density at radius 1 is 1.20 bits per heavy atom. The van der Waals surface area contributed by atoms with Crippen LogP contribution in [0.3, 0.4) is 0 Å². The van der Waals surface area contributed by atoms with Gasteiger partial charge in [-0.25, -0.2) is 0 Å². The lowest BCUT2D eigenvalue weighted by Gasteiger charge is -2.29. The number of benzene rings is 1. The van der Waals surface area contributed by atoms with E-state index >= 15 is 0 Å². The molecule has 1 aliphatic rings. The van der Waals surface area contributed by atoms with Crippen molar-refractivity contribution >= 4 is 5.78 Å². The van der Waals surface area contributed by atoms with Gasteiger partial charge in [0.25, 0.3) is 0 Å². The van der Waals surface area contributed by atoms with Crippen LogP contribution in [0.2, 0.25) is 0 Å². The Labute approximate surface area is 122 Å². The Morgan fingerprint density at radius 3 is 2.30 bits per heavy atom. The zero-order valence-electron chi connectivity index (χ0n) is 12.9. The quantitative estimate of drug-likeness (QED) is 0.691. The largest absolute Gasteiger partial charge is 0.494 e. The zero-order chi connectivity index (χ0) is 14.6. The first-order valence-electron chi connectivity index (χ1n) is 7.85. The predicted molar refractivity (Wildman–Crippen MR) is 82.3 cm³/mol. The number of rotatable bonds is 6. The summed E-state index contributed by atoms with van der Waals surface area (Å²) in [7, 11) is 0. The van der Waals surface area contributed by atoms with Crippen LogP contribution < -0.4 is 4.74 Å². The molecule has 2 heteroatoms. The summed E-state index contributed by atoms with van der Waals surface area (Å²) < 4.78 is 5.44. The van der Waals surface area contributed by atoms with Crippen molar-refractivity contribution in [3.63, 3.8) is 0 Å². The van der Waals surface area contributed by atoms with Gasteiger partial charge in [-0.05, 0) is 56.4 Å². The summed E-state index contributed by atoms with van der Waals surface area (Å²) in [5, 5.41) is 0. The molecule has 0 spiro atoms. The van der Waals surface area contributed by atoms with Gasteiger partial charge in [0.2, 0.25) is 0 Å². The molecule has 2 nitrogen and oxygen atoms in total. The average molecular weight is 274 g/mol. The van der Waals surface area contributed by atoms with Gasteiger partial charge < -0.3 is 4.74 Å². The smallest absolute Gasteiger partial charge is 0.169 e. The van der Waals surface area contributed by atoms with Gasteiger partial charge in [0.15, 0.2) is 5.78 Å². The van der Waals surface area contributed by atoms with E-state index in [1.807, 2.05) is 31.2 Å². The molecule has 0 N–H and O–H groups in total. The van der Waals surface area contributed by atoms with Crippen LogP contribution >= 0.6 is 0 Å². The van der Waals surface area contributed by atoms with Crippen molar-refractivity contribution in [3.05, 3.63) is 29.8 Å². The first-order chi connectivity index (χ1) is 9.57. The summed E-state index contributed by atoms with van der Waals surface area (Å²) in [6.45, 7) is 7.05. The van der Waals surface area contributed by atoms with E-state index in [4.69, 9.17) is 4.74 Å². The van der Waals surface area contributed by atoms with Gasteiger partial charge in [-0.2, -0.15) is 0 Å². The maximum absolute atomic E-state index is 12.9. The summed E-state index contributed by atoms with van der Waals surface area (Å²) in [5.41, 5.74) is 0.734. The second kappa shape index (κ2) is 6.43. The van der Waals surface area contributed by atoms with Crippen molar-refractivity contribution in [3.8, 4) is 5.75 Å². The first-order valence-corrected chi connectivity index (χ1v) is 7.85. The van der Waals surface area contributed by atoms with Crippen LogP contribution in [-0.4, -0.2) is 12.4 Å². The number of ketones is 1. The molecule has 0 aliphatic heterocycles. The van der Waals surface area contributed by atoms with Crippen LogP contribution in [0.25, 0.3) is 0 Å². The molecule has 0 unspecified atom stereocenters. The minimum absolute atomic E-state index is 0.110. The average Bonchev–Trinajstić information content (AvgIpc) is 2.88. The van der Waals surface area contributed by atoms with E-state index in [2.05, 4.69) is 13.8 Å². The molecule has 110 valence electrons. The summed E-state index contributed by atoms with van der Waals surface area (Å²) in [4.78, 5) is 12.9. The molecular weight excluding hydrogens is 248 g/mol. The van der Waals surface area contributed by atoms with Gasteiger partial charge in [0.05, 0.1) is 6.61 Å². The third-order valence-corrected chi connectivity index (χ3v) is 4.27. The molecule has 1 aliphatic carbocycles. The van der Waals surface area contributed by atoms with Gasteiger partial charge in [-0.1, -0.05) is 26.7 Å². The summed E-state index contributed by atoms with van der Waals surface area (Å²) in [6.07, 6.45) is 5.50. The lowest BCUT2D eigenvalue weighted by molar-refractivity contribution is 0.0760. The maximum atomic E-state index is 12.9. The highest BCUT2D eigenvalue weighted by Gasteiger charge is 2.41. The second-order valence-corrected chi connectivity index (χ2v) is 6.37. The Hall–Kier alpha value is -1.31. The lowest BCUT2D eigenvalue weighted by atomic mass is 9.73. The van der Waals surface area contributed by atoms with Gasteiger partial charge in [0, 0.05) is 11.0 Å². The molecule has 20 heavy (non-hydrogen) atoms. The minimum Gasteiger partial charge on any atom is -0.494 e. The van der Waals surface area contributed by atoms with Crippen molar-refractivity contribution in [2.75, 3.05) is 6.61 Å². The van der Waals surface area contributed by atoms with Crippen LogP contribution in [0.4, 0.5) is 0 Å². The van der Waals surface area contributed by atoms with E-state index in [9.17, 15) is 4.79 Å². The number of hydrogen-bond acceptors (Lipinski definition) is 2. The van der Waals surface area contributed by atoms with Crippen molar-refractivity contribution in [2.24, 2.45) is 11.3 Å². The van der Waals surface area contributed by atoms with Gasteiger partial charge in [0.1, 0.15) is 5.75 Å². The molecule has 0 atom stereocenters. The molecule has 1 saturated carbocycles. The topological polar surface area (TPSA) is 26.3 Å².